The number of nitrogens with two attached hydrogens (primary N) is 1. The molecule has 0 fully saturated rings. The maximum absolute atomic E-state index is 5.62. The zero-order valence-electron chi connectivity index (χ0n) is 29.6. The first kappa shape index (κ1) is 37.6. The second-order valence-corrected chi connectivity index (χ2v) is 16.0. The van der Waals surface area contributed by atoms with Gasteiger partial charge in [-0.1, -0.05) is 174 Å². The third kappa shape index (κ3) is 9.48. The summed E-state index contributed by atoms with van der Waals surface area (Å²) in [6, 6.07) is 67.8. The van der Waals surface area contributed by atoms with Gasteiger partial charge in [-0.25, -0.2) is 0 Å². The first-order chi connectivity index (χ1) is 26.4. The third-order valence-electron chi connectivity index (χ3n) is 9.42. The number of hydrogen-bond acceptors (Lipinski definition) is 1. The standard InChI is InChI=1S/C17H13Br.C17H12.C10H9N.C6H4BrI/c18-17-8-4-3-7-16(17)12-13-9-10-14-5-1-2-6-15(14)11-13;1-2-6-13-11-17-15(9-12(13)5-1)10-14-7-3-4-8-16(14)17;11-10-6-5-8-3-1-2-4-9(8)7-10;7-5-3-1-2-4-6(5)8/h1-11H,12H2;1-9,11H,10H2;1-7H,11H2;1-4H. The van der Waals surface area contributed by atoms with Gasteiger partial charge in [-0.2, -0.15) is 0 Å². The molecule has 0 saturated heterocycles. The maximum Gasteiger partial charge on any atom is 0.0320 e. The zero-order chi connectivity index (χ0) is 37.3. The minimum Gasteiger partial charge on any atom is -0.399 e. The van der Waals surface area contributed by atoms with E-state index in [1.54, 1.807) is 0 Å². The average Bonchev–Trinajstić information content (AvgIpc) is 3.57. The van der Waals surface area contributed by atoms with Crippen molar-refractivity contribution in [1.82, 2.24) is 0 Å². The van der Waals surface area contributed by atoms with Crippen molar-refractivity contribution in [2.24, 2.45) is 0 Å². The van der Waals surface area contributed by atoms with Crippen molar-refractivity contribution in [3.05, 3.63) is 229 Å². The van der Waals surface area contributed by atoms with Crippen LogP contribution in [-0.2, 0) is 12.8 Å². The van der Waals surface area contributed by atoms with E-state index in [-0.39, 0.29) is 0 Å². The Morgan fingerprint density at radius 2 is 0.944 bits per heavy atom. The van der Waals surface area contributed by atoms with Crippen LogP contribution in [0.4, 0.5) is 5.69 Å². The Morgan fingerprint density at radius 3 is 1.59 bits per heavy atom. The van der Waals surface area contributed by atoms with Gasteiger partial charge in [-0.15, -0.1) is 0 Å². The van der Waals surface area contributed by atoms with Crippen molar-refractivity contribution in [2.45, 2.75) is 12.8 Å². The SMILES string of the molecule is Brc1ccccc1Cc1ccc2ccccc2c1.Brc1ccccc1I.Nc1ccc2ccccc2c1.c1ccc2c(c1)Cc1cc3ccccc3cc1-2. The summed E-state index contributed by atoms with van der Waals surface area (Å²) in [5.41, 5.74) is 14.9. The van der Waals surface area contributed by atoms with Crippen LogP contribution in [0, 0.1) is 3.57 Å². The molecule has 10 rings (SSSR count). The van der Waals surface area contributed by atoms with Gasteiger partial charge in [0.25, 0.3) is 0 Å². The van der Waals surface area contributed by atoms with Crippen molar-refractivity contribution >= 4 is 92.5 Å². The van der Waals surface area contributed by atoms with Crippen LogP contribution >= 0.6 is 54.5 Å². The van der Waals surface area contributed by atoms with Gasteiger partial charge in [0.2, 0.25) is 0 Å². The van der Waals surface area contributed by atoms with Crippen LogP contribution in [0.3, 0.4) is 0 Å². The van der Waals surface area contributed by atoms with Crippen LogP contribution in [0.2, 0.25) is 0 Å². The van der Waals surface area contributed by atoms with Crippen LogP contribution in [-0.4, -0.2) is 0 Å². The summed E-state index contributed by atoms with van der Waals surface area (Å²) in [7, 11) is 0. The smallest absolute Gasteiger partial charge is 0.0320 e. The predicted octanol–water partition coefficient (Wildman–Crippen LogP) is 15.1. The van der Waals surface area contributed by atoms with Crippen LogP contribution in [0.15, 0.2) is 203 Å². The maximum atomic E-state index is 5.62. The van der Waals surface area contributed by atoms with E-state index in [1.165, 1.54) is 78.2 Å². The molecule has 264 valence electrons. The molecule has 0 radical (unpaired) electrons. The van der Waals surface area contributed by atoms with Gasteiger partial charge in [0, 0.05) is 18.2 Å². The van der Waals surface area contributed by atoms with Crippen molar-refractivity contribution < 1.29 is 0 Å². The molecule has 0 bridgehead atoms. The summed E-state index contributed by atoms with van der Waals surface area (Å²) < 4.78 is 3.60. The van der Waals surface area contributed by atoms with Crippen LogP contribution in [0.5, 0.6) is 0 Å². The van der Waals surface area contributed by atoms with Gasteiger partial charge in [0.05, 0.1) is 0 Å². The van der Waals surface area contributed by atoms with Crippen molar-refractivity contribution in [1.29, 1.82) is 0 Å². The van der Waals surface area contributed by atoms with Crippen molar-refractivity contribution in [3.63, 3.8) is 0 Å². The van der Waals surface area contributed by atoms with E-state index in [9.17, 15) is 0 Å². The molecule has 9 aromatic rings. The molecule has 0 aliphatic heterocycles. The first-order valence-electron chi connectivity index (χ1n) is 17.9. The Morgan fingerprint density at radius 1 is 0.426 bits per heavy atom. The number of rotatable bonds is 2. The number of benzene rings is 9. The highest BCUT2D eigenvalue weighted by atomic mass is 127. The van der Waals surface area contributed by atoms with Gasteiger partial charge in [0.1, 0.15) is 0 Å². The average molecular weight is 940 g/mol. The molecule has 4 heteroatoms. The Bertz CT molecular complexity index is 2660. The highest BCUT2D eigenvalue weighted by Gasteiger charge is 2.17. The van der Waals surface area contributed by atoms with E-state index in [0.29, 0.717) is 0 Å². The Hall–Kier alpha value is -4.75. The first-order valence-corrected chi connectivity index (χ1v) is 20.5. The van der Waals surface area contributed by atoms with E-state index in [4.69, 9.17) is 5.73 Å². The predicted molar refractivity (Wildman–Crippen MR) is 248 cm³/mol. The minimum atomic E-state index is 0.823. The number of hydrogen-bond donors (Lipinski definition) is 1. The van der Waals surface area contributed by atoms with Gasteiger partial charge < -0.3 is 5.73 Å². The van der Waals surface area contributed by atoms with Gasteiger partial charge in [-0.05, 0) is 153 Å². The fraction of sp³-hybridized carbons (Fsp3) is 0.0400. The number of anilines is 1. The molecule has 2 N–H and O–H groups in total. The van der Waals surface area contributed by atoms with Crippen molar-refractivity contribution in [3.8, 4) is 11.1 Å². The lowest BCUT2D eigenvalue weighted by Crippen LogP contribution is -1.89. The largest absolute Gasteiger partial charge is 0.399 e. The molecule has 0 spiro atoms. The molecule has 0 amide bonds. The summed E-state index contributed by atoms with van der Waals surface area (Å²) in [4.78, 5) is 0. The minimum absolute atomic E-state index is 0.823. The topological polar surface area (TPSA) is 26.0 Å². The molecular formula is C50H38Br2IN. The highest BCUT2D eigenvalue weighted by Crippen LogP contribution is 2.38. The molecule has 0 saturated carbocycles. The van der Waals surface area contributed by atoms with Gasteiger partial charge in [-0.3, -0.25) is 0 Å². The molecule has 0 heterocycles. The highest BCUT2D eigenvalue weighted by molar-refractivity contribution is 14.1. The lowest BCUT2D eigenvalue weighted by Gasteiger charge is -2.06. The van der Waals surface area contributed by atoms with Crippen LogP contribution in [0.1, 0.15) is 22.3 Å². The summed E-state index contributed by atoms with van der Waals surface area (Å²) in [5.74, 6) is 0. The van der Waals surface area contributed by atoms with Gasteiger partial charge >= 0.3 is 0 Å². The second-order valence-electron chi connectivity index (χ2n) is 13.2. The molecular weight excluding hydrogens is 901 g/mol. The molecule has 0 atom stereocenters. The normalized spacial score (nSPS) is 10.9. The van der Waals surface area contributed by atoms with Crippen LogP contribution in [0.25, 0.3) is 43.4 Å². The molecule has 0 aromatic heterocycles. The monoisotopic (exact) mass is 937 g/mol. The Balaban J connectivity index is 0.000000116. The summed E-state index contributed by atoms with van der Waals surface area (Å²) in [5, 5.41) is 7.73. The zero-order valence-corrected chi connectivity index (χ0v) is 34.9. The fourth-order valence-electron chi connectivity index (χ4n) is 6.68. The lowest BCUT2D eigenvalue weighted by molar-refractivity contribution is 1.18. The molecule has 0 unspecified atom stereocenters. The fourth-order valence-corrected chi connectivity index (χ4v) is 7.78. The summed E-state index contributed by atoms with van der Waals surface area (Å²) >= 11 is 9.27. The van der Waals surface area contributed by atoms with Gasteiger partial charge in [0.15, 0.2) is 0 Å². The molecule has 54 heavy (non-hydrogen) atoms. The van der Waals surface area contributed by atoms with E-state index < -0.39 is 0 Å². The van der Waals surface area contributed by atoms with E-state index in [0.717, 1.165) is 18.5 Å². The molecule has 1 aliphatic rings. The van der Waals surface area contributed by atoms with Crippen molar-refractivity contribution in [2.75, 3.05) is 5.73 Å². The molecule has 1 aliphatic carbocycles. The Kier molecular flexibility index (Phi) is 12.6. The van der Waals surface area contributed by atoms with E-state index in [1.807, 2.05) is 54.6 Å². The number of fused-ring (bicyclic) bond motifs is 6. The second kappa shape index (κ2) is 18.1. The summed E-state index contributed by atoms with van der Waals surface area (Å²) in [6.07, 6.45) is 2.04. The van der Waals surface area contributed by atoms with E-state index >= 15 is 0 Å². The molecule has 9 aromatic carbocycles. The Labute approximate surface area is 348 Å². The van der Waals surface area contributed by atoms with Crippen LogP contribution < -0.4 is 5.73 Å². The number of halogens is 3. The number of nitrogen functional groups attached to an aromatic ring is 1. The van der Waals surface area contributed by atoms with E-state index in [2.05, 4.69) is 194 Å². The molecule has 1 nitrogen and oxygen atoms in total. The third-order valence-corrected chi connectivity index (χ3v) is 12.6. The lowest BCUT2D eigenvalue weighted by atomic mass is 10.0. The summed E-state index contributed by atoms with van der Waals surface area (Å²) in [6.45, 7) is 0. The quantitative estimate of drug-likeness (QED) is 0.136.